The van der Waals surface area contributed by atoms with Crippen molar-refractivity contribution < 1.29 is 14.3 Å². The Morgan fingerprint density at radius 1 is 1.33 bits per heavy atom. The summed E-state index contributed by atoms with van der Waals surface area (Å²) in [4.78, 5) is 24.0. The van der Waals surface area contributed by atoms with E-state index >= 15 is 0 Å². The van der Waals surface area contributed by atoms with E-state index in [2.05, 4.69) is 10.6 Å². The van der Waals surface area contributed by atoms with Crippen LogP contribution in [0.3, 0.4) is 0 Å². The van der Waals surface area contributed by atoms with Gasteiger partial charge in [-0.05, 0) is 25.5 Å². The third-order valence-electron chi connectivity index (χ3n) is 3.11. The lowest BCUT2D eigenvalue weighted by molar-refractivity contribution is -0.143. The molecule has 0 bridgehead atoms. The first-order valence-corrected chi connectivity index (χ1v) is 6.59. The van der Waals surface area contributed by atoms with E-state index in [4.69, 9.17) is 4.74 Å². The SMILES string of the molecule is CCC(C)OC(=O)/C(C#N)=C1\Nc2ccccc2NC1=O. The molecule has 1 atom stereocenters. The highest BCUT2D eigenvalue weighted by molar-refractivity contribution is 6.15. The summed E-state index contributed by atoms with van der Waals surface area (Å²) in [6, 6.07) is 8.76. The van der Waals surface area contributed by atoms with Crippen LogP contribution in [0, 0.1) is 11.3 Å². The zero-order valence-electron chi connectivity index (χ0n) is 11.8. The van der Waals surface area contributed by atoms with Gasteiger partial charge in [0.15, 0.2) is 5.57 Å². The Morgan fingerprint density at radius 2 is 1.95 bits per heavy atom. The van der Waals surface area contributed by atoms with Crippen LogP contribution in [0.4, 0.5) is 11.4 Å². The van der Waals surface area contributed by atoms with Gasteiger partial charge in [0.25, 0.3) is 5.91 Å². The molecule has 1 amide bonds. The number of nitrogens with one attached hydrogen (secondary N) is 2. The number of fused-ring (bicyclic) bond motifs is 1. The Kier molecular flexibility index (Phi) is 4.24. The molecular formula is C15H15N3O3. The predicted octanol–water partition coefficient (Wildman–Crippen LogP) is 2.17. The highest BCUT2D eigenvalue weighted by Crippen LogP contribution is 2.28. The summed E-state index contributed by atoms with van der Waals surface area (Å²) in [5.74, 6) is -1.34. The molecule has 1 unspecified atom stereocenters. The van der Waals surface area contributed by atoms with Crippen LogP contribution in [-0.4, -0.2) is 18.0 Å². The number of amides is 1. The van der Waals surface area contributed by atoms with Crippen LogP contribution in [0.15, 0.2) is 35.5 Å². The van der Waals surface area contributed by atoms with Crippen molar-refractivity contribution in [2.45, 2.75) is 26.4 Å². The number of carbonyl (C=O) groups excluding carboxylic acids is 2. The van der Waals surface area contributed by atoms with Crippen molar-refractivity contribution in [3.8, 4) is 6.07 Å². The van der Waals surface area contributed by atoms with Crippen LogP contribution in [0.5, 0.6) is 0 Å². The summed E-state index contributed by atoms with van der Waals surface area (Å²) in [5, 5.41) is 14.6. The number of carbonyl (C=O) groups is 2. The lowest BCUT2D eigenvalue weighted by Crippen LogP contribution is -2.29. The average Bonchev–Trinajstić information content (AvgIpc) is 2.48. The van der Waals surface area contributed by atoms with Gasteiger partial charge in [0.1, 0.15) is 11.8 Å². The molecule has 1 aromatic rings. The number of nitriles is 1. The zero-order chi connectivity index (χ0) is 15.4. The van der Waals surface area contributed by atoms with Gasteiger partial charge in [-0.2, -0.15) is 5.26 Å². The van der Waals surface area contributed by atoms with E-state index in [0.717, 1.165) is 0 Å². The molecular weight excluding hydrogens is 270 g/mol. The molecule has 2 N–H and O–H groups in total. The molecule has 1 heterocycles. The Labute approximate surface area is 122 Å². The summed E-state index contributed by atoms with van der Waals surface area (Å²) >= 11 is 0. The highest BCUT2D eigenvalue weighted by atomic mass is 16.5. The van der Waals surface area contributed by atoms with Crippen LogP contribution in [-0.2, 0) is 14.3 Å². The topological polar surface area (TPSA) is 91.2 Å². The van der Waals surface area contributed by atoms with Crippen molar-refractivity contribution in [2.75, 3.05) is 10.6 Å². The quantitative estimate of drug-likeness (QED) is 0.504. The van der Waals surface area contributed by atoms with Gasteiger partial charge in [-0.25, -0.2) is 4.79 Å². The van der Waals surface area contributed by atoms with Crippen LogP contribution in [0.1, 0.15) is 20.3 Å². The van der Waals surface area contributed by atoms with Crippen molar-refractivity contribution in [1.29, 1.82) is 5.26 Å². The largest absolute Gasteiger partial charge is 0.459 e. The summed E-state index contributed by atoms with van der Waals surface area (Å²) in [6.45, 7) is 3.58. The van der Waals surface area contributed by atoms with Crippen molar-refractivity contribution >= 4 is 23.3 Å². The normalized spacial score (nSPS) is 16.7. The molecule has 1 aliphatic rings. The fraction of sp³-hybridized carbons (Fsp3) is 0.267. The number of nitrogens with zero attached hydrogens (tertiary/aromatic N) is 1. The fourth-order valence-corrected chi connectivity index (χ4v) is 1.78. The van der Waals surface area contributed by atoms with E-state index in [9.17, 15) is 14.9 Å². The summed E-state index contributed by atoms with van der Waals surface area (Å²) < 4.78 is 5.10. The molecule has 108 valence electrons. The highest BCUT2D eigenvalue weighted by Gasteiger charge is 2.27. The van der Waals surface area contributed by atoms with Gasteiger partial charge in [0, 0.05) is 0 Å². The van der Waals surface area contributed by atoms with E-state index < -0.39 is 11.9 Å². The molecule has 0 radical (unpaired) electrons. The number of ether oxygens (including phenoxy) is 1. The second-order valence-electron chi connectivity index (χ2n) is 4.61. The minimum atomic E-state index is -0.802. The second-order valence-corrected chi connectivity index (χ2v) is 4.61. The molecule has 2 rings (SSSR count). The molecule has 0 aromatic heterocycles. The maximum Gasteiger partial charge on any atom is 0.351 e. The number of para-hydroxylation sites is 2. The first kappa shape index (κ1) is 14.6. The van der Waals surface area contributed by atoms with Crippen LogP contribution >= 0.6 is 0 Å². The molecule has 6 heteroatoms. The second kappa shape index (κ2) is 6.09. The Morgan fingerprint density at radius 3 is 2.52 bits per heavy atom. The molecule has 1 aliphatic heterocycles. The number of hydrogen-bond donors (Lipinski definition) is 2. The van der Waals surface area contributed by atoms with Gasteiger partial charge >= 0.3 is 5.97 Å². The standard InChI is InChI=1S/C15H15N3O3/c1-3-9(2)21-15(20)10(8-16)13-14(19)18-12-7-5-4-6-11(12)17-13/h4-7,9,17H,3H2,1-2H3,(H,18,19)/b13-10-. The van der Waals surface area contributed by atoms with Crippen LogP contribution < -0.4 is 10.6 Å². The van der Waals surface area contributed by atoms with E-state index in [1.165, 1.54) is 0 Å². The summed E-state index contributed by atoms with van der Waals surface area (Å²) in [6.07, 6.45) is 0.308. The number of anilines is 2. The Bertz CT molecular complexity index is 658. The number of esters is 1. The number of benzene rings is 1. The fourth-order valence-electron chi connectivity index (χ4n) is 1.78. The van der Waals surface area contributed by atoms with E-state index in [1.807, 2.05) is 6.92 Å². The minimum absolute atomic E-state index is 0.0931. The molecule has 1 aromatic carbocycles. The number of hydrogen-bond acceptors (Lipinski definition) is 5. The monoisotopic (exact) mass is 285 g/mol. The molecule has 0 saturated heterocycles. The van der Waals surface area contributed by atoms with Crippen LogP contribution in [0.25, 0.3) is 0 Å². The zero-order valence-corrected chi connectivity index (χ0v) is 11.8. The third-order valence-corrected chi connectivity index (χ3v) is 3.11. The Hall–Kier alpha value is -2.81. The van der Waals surface area contributed by atoms with Gasteiger partial charge in [-0.3, -0.25) is 4.79 Å². The van der Waals surface area contributed by atoms with Gasteiger partial charge < -0.3 is 15.4 Å². The molecule has 0 aliphatic carbocycles. The van der Waals surface area contributed by atoms with Crippen molar-refractivity contribution in [1.82, 2.24) is 0 Å². The molecule has 21 heavy (non-hydrogen) atoms. The van der Waals surface area contributed by atoms with Crippen LogP contribution in [0.2, 0.25) is 0 Å². The maximum absolute atomic E-state index is 12.0. The molecule has 6 nitrogen and oxygen atoms in total. The van der Waals surface area contributed by atoms with Crippen molar-refractivity contribution in [3.05, 3.63) is 35.5 Å². The van der Waals surface area contributed by atoms with Gasteiger partial charge in [-0.1, -0.05) is 19.1 Å². The van der Waals surface area contributed by atoms with Crippen molar-refractivity contribution in [3.63, 3.8) is 0 Å². The minimum Gasteiger partial charge on any atom is -0.459 e. The average molecular weight is 285 g/mol. The lowest BCUT2D eigenvalue weighted by atomic mass is 10.1. The first-order chi connectivity index (χ1) is 10.1. The van der Waals surface area contributed by atoms with E-state index in [-0.39, 0.29) is 17.4 Å². The molecule has 0 saturated carbocycles. The summed E-state index contributed by atoms with van der Waals surface area (Å²) in [7, 11) is 0. The van der Waals surface area contributed by atoms with Gasteiger partial charge in [-0.15, -0.1) is 0 Å². The first-order valence-electron chi connectivity index (χ1n) is 6.59. The van der Waals surface area contributed by atoms with E-state index in [0.29, 0.717) is 17.8 Å². The maximum atomic E-state index is 12.0. The lowest BCUT2D eigenvalue weighted by Gasteiger charge is -2.21. The number of rotatable bonds is 3. The smallest absolute Gasteiger partial charge is 0.351 e. The third kappa shape index (κ3) is 3.03. The van der Waals surface area contributed by atoms with E-state index in [1.54, 1.807) is 37.3 Å². The van der Waals surface area contributed by atoms with Gasteiger partial charge in [0.05, 0.1) is 17.5 Å². The Balaban J connectivity index is 2.35. The molecule has 0 fully saturated rings. The predicted molar refractivity (Wildman–Crippen MR) is 77.2 cm³/mol. The summed E-state index contributed by atoms with van der Waals surface area (Å²) in [5.41, 5.74) is 0.793. The van der Waals surface area contributed by atoms with Gasteiger partial charge in [0.2, 0.25) is 0 Å². The molecule has 0 spiro atoms. The van der Waals surface area contributed by atoms with Crippen molar-refractivity contribution in [2.24, 2.45) is 0 Å².